The molecule has 0 saturated carbocycles. The van der Waals surface area contributed by atoms with E-state index in [1.807, 2.05) is 39.8 Å². The topological polar surface area (TPSA) is 26.3 Å². The first-order valence-electron chi connectivity index (χ1n) is 6.86. The molecule has 0 aliphatic rings. The lowest BCUT2D eigenvalue weighted by molar-refractivity contribution is 0.0600. The smallest absolute Gasteiger partial charge is 0.338 e. The van der Waals surface area contributed by atoms with Gasteiger partial charge in [-0.05, 0) is 31.9 Å². The Balaban J connectivity index is 0. The minimum absolute atomic E-state index is 0.271. The minimum Gasteiger partial charge on any atom is -0.465 e. The van der Waals surface area contributed by atoms with E-state index in [0.29, 0.717) is 5.56 Å². The third-order valence-corrected chi connectivity index (χ3v) is 3.54. The second-order valence-electron chi connectivity index (χ2n) is 3.99. The zero-order valence-electron chi connectivity index (χ0n) is 13.3. The van der Waals surface area contributed by atoms with Crippen molar-refractivity contribution in [1.29, 1.82) is 0 Å². The third-order valence-electron chi connectivity index (χ3n) is 2.29. The number of ether oxygens (including phenoxy) is 1. The Morgan fingerprint density at radius 3 is 2.10 bits per heavy atom. The van der Waals surface area contributed by atoms with E-state index in [1.54, 1.807) is 6.07 Å². The molecule has 2 nitrogen and oxygen atoms in total. The van der Waals surface area contributed by atoms with Crippen LogP contribution in [0.25, 0.3) is 0 Å². The zero-order chi connectivity index (χ0) is 16.1. The quantitative estimate of drug-likeness (QED) is 0.283. The van der Waals surface area contributed by atoms with Gasteiger partial charge in [0, 0.05) is 0 Å². The van der Waals surface area contributed by atoms with Crippen LogP contribution in [0.15, 0.2) is 18.2 Å². The molecule has 0 radical (unpaired) electrons. The average molecular weight is 504 g/mol. The summed E-state index contributed by atoms with van der Waals surface area (Å²) in [5.41, 5.74) is 2.75. The first-order chi connectivity index (χ1) is 9.42. The van der Waals surface area contributed by atoms with Gasteiger partial charge in [0.05, 0.1) is 14.6 Å². The number of halogens is 2. The summed E-state index contributed by atoms with van der Waals surface area (Å²) in [5.74, 6) is -0.271. The van der Waals surface area contributed by atoms with Gasteiger partial charge in [0.1, 0.15) is 0 Å². The van der Waals surface area contributed by atoms with E-state index in [-0.39, 0.29) is 5.97 Å². The van der Waals surface area contributed by atoms with Gasteiger partial charge in [0.25, 0.3) is 0 Å². The fourth-order valence-electron chi connectivity index (χ4n) is 1.37. The molecule has 0 N–H and O–H groups in total. The molecule has 0 unspecified atom stereocenters. The molecule has 0 bridgehead atoms. The summed E-state index contributed by atoms with van der Waals surface area (Å²) >= 11 is 4.86. The molecule has 0 heterocycles. The van der Waals surface area contributed by atoms with Gasteiger partial charge >= 0.3 is 5.97 Å². The number of aryl methyl sites for hydroxylation is 2. The lowest BCUT2D eigenvalue weighted by Gasteiger charge is -2.03. The number of rotatable bonds is 3. The average Bonchev–Trinajstić information content (AvgIpc) is 2.41. The van der Waals surface area contributed by atoms with Crippen molar-refractivity contribution >= 4 is 51.2 Å². The fourth-order valence-corrected chi connectivity index (χ4v) is 2.62. The largest absolute Gasteiger partial charge is 0.465 e. The lowest BCUT2D eigenvalue weighted by Crippen LogP contribution is -2.03. The molecule has 0 aliphatic carbocycles. The van der Waals surface area contributed by atoms with Crippen molar-refractivity contribution in [2.24, 2.45) is 0 Å². The molecule has 0 aliphatic heterocycles. The summed E-state index contributed by atoms with van der Waals surface area (Å²) in [7, 11) is 1.39. The molecule has 0 fully saturated rings. The number of alkyl halides is 2. The summed E-state index contributed by atoms with van der Waals surface area (Å²) < 4.78 is 5.46. The SMILES string of the molecule is CC.CCCC(I)I.COC(=O)c1ccc(C)cc1C. The standard InChI is InChI=1S/C10H12O2.C4H8I2.C2H6/c1-7-4-5-9(8(2)6-7)10(11)12-3;1-2-3-4(5)6;1-2/h4-6H,1-3H3;4H,2-3H2,1H3;1-2H3. The van der Waals surface area contributed by atoms with Crippen molar-refractivity contribution in [3.05, 3.63) is 34.9 Å². The Hall–Kier alpha value is 0.150. The Bertz CT molecular complexity index is 377. The molecule has 0 atom stereocenters. The van der Waals surface area contributed by atoms with Crippen LogP contribution < -0.4 is 0 Å². The maximum Gasteiger partial charge on any atom is 0.338 e. The molecule has 20 heavy (non-hydrogen) atoms. The van der Waals surface area contributed by atoms with Crippen LogP contribution in [0.4, 0.5) is 0 Å². The van der Waals surface area contributed by atoms with Gasteiger partial charge in [-0.2, -0.15) is 0 Å². The van der Waals surface area contributed by atoms with Gasteiger partial charge in [-0.25, -0.2) is 4.79 Å². The monoisotopic (exact) mass is 504 g/mol. The van der Waals surface area contributed by atoms with Gasteiger partial charge < -0.3 is 4.74 Å². The number of hydrogen-bond donors (Lipinski definition) is 0. The highest BCUT2D eigenvalue weighted by atomic mass is 127. The number of carbonyl (C=O) groups is 1. The first kappa shape index (κ1) is 22.4. The van der Waals surface area contributed by atoms with Gasteiger partial charge in [-0.3, -0.25) is 0 Å². The van der Waals surface area contributed by atoms with Crippen molar-refractivity contribution < 1.29 is 9.53 Å². The highest BCUT2D eigenvalue weighted by Crippen LogP contribution is 2.14. The molecule has 0 saturated heterocycles. The second kappa shape index (κ2) is 14.1. The Morgan fingerprint density at radius 2 is 1.80 bits per heavy atom. The molecular formula is C16H26I2O2. The molecular weight excluding hydrogens is 478 g/mol. The van der Waals surface area contributed by atoms with Crippen LogP contribution in [-0.2, 0) is 4.74 Å². The molecule has 116 valence electrons. The summed E-state index contributed by atoms with van der Waals surface area (Å²) in [6.07, 6.45) is 2.66. The summed E-state index contributed by atoms with van der Waals surface area (Å²) in [6.45, 7) is 10.1. The van der Waals surface area contributed by atoms with Crippen molar-refractivity contribution in [1.82, 2.24) is 0 Å². The maximum absolute atomic E-state index is 11.1. The molecule has 1 aromatic rings. The van der Waals surface area contributed by atoms with E-state index in [2.05, 4.69) is 56.8 Å². The number of carbonyl (C=O) groups excluding carboxylic acids is 1. The maximum atomic E-state index is 11.1. The van der Waals surface area contributed by atoms with Gasteiger partial charge in [0.15, 0.2) is 0 Å². The second-order valence-corrected chi connectivity index (χ2v) is 9.38. The molecule has 1 rings (SSSR count). The van der Waals surface area contributed by atoms with Crippen LogP contribution >= 0.6 is 45.2 Å². The Labute approximate surface area is 151 Å². The predicted octanol–water partition coefficient (Wildman–Crippen LogP) is 6.10. The lowest BCUT2D eigenvalue weighted by atomic mass is 10.1. The predicted molar refractivity (Wildman–Crippen MR) is 105 cm³/mol. The Kier molecular flexibility index (Phi) is 15.8. The van der Waals surface area contributed by atoms with E-state index in [1.165, 1.54) is 20.0 Å². The highest BCUT2D eigenvalue weighted by Gasteiger charge is 2.07. The van der Waals surface area contributed by atoms with Crippen LogP contribution in [0.2, 0.25) is 0 Å². The molecule has 0 amide bonds. The van der Waals surface area contributed by atoms with E-state index >= 15 is 0 Å². The van der Waals surface area contributed by atoms with E-state index < -0.39 is 0 Å². The van der Waals surface area contributed by atoms with Crippen molar-refractivity contribution in [2.75, 3.05) is 7.11 Å². The van der Waals surface area contributed by atoms with Crippen LogP contribution in [0.3, 0.4) is 0 Å². The minimum atomic E-state index is -0.271. The fraction of sp³-hybridized carbons (Fsp3) is 0.562. The van der Waals surface area contributed by atoms with Gasteiger partial charge in [-0.15, -0.1) is 0 Å². The number of esters is 1. The summed E-state index contributed by atoms with van der Waals surface area (Å²) in [4.78, 5) is 11.1. The van der Waals surface area contributed by atoms with Crippen LogP contribution in [0.1, 0.15) is 55.1 Å². The normalized spacial score (nSPS) is 9.05. The van der Waals surface area contributed by atoms with E-state index in [0.717, 1.165) is 13.1 Å². The zero-order valence-corrected chi connectivity index (χ0v) is 17.6. The van der Waals surface area contributed by atoms with Crippen LogP contribution in [0, 0.1) is 13.8 Å². The molecule has 4 heteroatoms. The highest BCUT2D eigenvalue weighted by molar-refractivity contribution is 14.2. The van der Waals surface area contributed by atoms with E-state index in [9.17, 15) is 4.79 Å². The number of benzene rings is 1. The van der Waals surface area contributed by atoms with Crippen LogP contribution in [-0.4, -0.2) is 15.0 Å². The third kappa shape index (κ3) is 10.9. The summed E-state index contributed by atoms with van der Waals surface area (Å²) in [5, 5.41) is 0. The molecule has 1 aromatic carbocycles. The van der Waals surface area contributed by atoms with E-state index in [4.69, 9.17) is 0 Å². The van der Waals surface area contributed by atoms with Crippen molar-refractivity contribution in [2.45, 2.75) is 49.4 Å². The van der Waals surface area contributed by atoms with Crippen molar-refractivity contribution in [3.63, 3.8) is 0 Å². The number of methoxy groups -OCH3 is 1. The Morgan fingerprint density at radius 1 is 1.25 bits per heavy atom. The van der Waals surface area contributed by atoms with Crippen molar-refractivity contribution in [3.8, 4) is 0 Å². The summed E-state index contributed by atoms with van der Waals surface area (Å²) in [6, 6.07) is 5.65. The van der Waals surface area contributed by atoms with Gasteiger partial charge in [-0.1, -0.05) is 90.1 Å². The van der Waals surface area contributed by atoms with Crippen LogP contribution in [0.5, 0.6) is 0 Å². The first-order valence-corrected chi connectivity index (χ1v) is 9.35. The molecule has 0 spiro atoms. The van der Waals surface area contributed by atoms with Gasteiger partial charge in [0.2, 0.25) is 0 Å². The number of hydrogen-bond acceptors (Lipinski definition) is 2. The molecule has 0 aromatic heterocycles.